The lowest BCUT2D eigenvalue weighted by molar-refractivity contribution is -0.108. The van der Waals surface area contributed by atoms with Crippen LogP contribution in [-0.2, 0) is 9.53 Å². The summed E-state index contributed by atoms with van der Waals surface area (Å²) in [6, 6.07) is 1.35. The molecular weight excluding hydrogens is 427 g/mol. The highest BCUT2D eigenvalue weighted by atomic mass is 19.1. The van der Waals surface area contributed by atoms with Gasteiger partial charge in [-0.3, -0.25) is 14.5 Å². The number of nitrogens with one attached hydrogen (secondary N) is 1. The van der Waals surface area contributed by atoms with Crippen LogP contribution in [0.1, 0.15) is 48.2 Å². The minimum absolute atomic E-state index is 0.0385. The Morgan fingerprint density at radius 3 is 2.45 bits per heavy atom. The predicted molar refractivity (Wildman–Crippen MR) is 128 cm³/mol. The van der Waals surface area contributed by atoms with Gasteiger partial charge in [-0.1, -0.05) is 13.8 Å². The zero-order valence-corrected chi connectivity index (χ0v) is 20.1. The third kappa shape index (κ3) is 5.75. The number of aryl methyl sites for hydroxylation is 1. The zero-order chi connectivity index (χ0) is 24.7. The van der Waals surface area contributed by atoms with E-state index < -0.39 is 11.7 Å². The van der Waals surface area contributed by atoms with Crippen molar-refractivity contribution in [3.8, 4) is 0 Å². The molecule has 180 valence electrons. The summed E-state index contributed by atoms with van der Waals surface area (Å²) < 4.78 is 20.0. The fourth-order valence-electron chi connectivity index (χ4n) is 3.65. The fourth-order valence-corrected chi connectivity index (χ4v) is 3.65. The van der Waals surface area contributed by atoms with Gasteiger partial charge in [-0.2, -0.15) is 4.98 Å². The van der Waals surface area contributed by atoms with Crippen LogP contribution in [0, 0.1) is 19.7 Å². The molecule has 2 heterocycles. The molecule has 1 fully saturated rings. The van der Waals surface area contributed by atoms with Gasteiger partial charge in [0.1, 0.15) is 5.82 Å². The number of nitrogens with two attached hydrogens (primary N) is 1. The van der Waals surface area contributed by atoms with Crippen molar-refractivity contribution in [2.75, 3.05) is 42.4 Å². The Hall–Kier alpha value is -3.27. The Labute approximate surface area is 194 Å². The highest BCUT2D eigenvalue weighted by Crippen LogP contribution is 2.32. The van der Waals surface area contributed by atoms with E-state index in [1.165, 1.54) is 6.07 Å². The number of hydrogen-bond acceptors (Lipinski definition) is 7. The maximum Gasteiger partial charge on any atom is 0.251 e. The number of anilines is 4. The van der Waals surface area contributed by atoms with Gasteiger partial charge in [0.2, 0.25) is 12.4 Å². The summed E-state index contributed by atoms with van der Waals surface area (Å²) in [7, 11) is 3.68. The third-order valence-corrected chi connectivity index (χ3v) is 5.37. The Bertz CT molecular complexity index is 993. The summed E-state index contributed by atoms with van der Waals surface area (Å²) in [5.74, 6) is -0.865. The molecule has 9 nitrogen and oxygen atoms in total. The standard InChI is InChI=1S/C21H27FN6O3.C2H6/c1-12-9-15(19(23)30)17(22)13(2)18(12)25-21-24-10-16(27(3)4)20(26-21)28(11-29)14-5-7-31-8-6-14;1-2/h9-11,14H,5-8H2,1-4H3,(H2,23,30)(H,24,25,26);1-2H3. The highest BCUT2D eigenvalue weighted by molar-refractivity contribution is 5.94. The van der Waals surface area contributed by atoms with Crippen LogP contribution in [0.15, 0.2) is 12.3 Å². The molecule has 0 bridgehead atoms. The van der Waals surface area contributed by atoms with E-state index in [1.807, 2.05) is 32.8 Å². The summed E-state index contributed by atoms with van der Waals surface area (Å²) in [4.78, 5) is 35.8. The Kier molecular flexibility index (Phi) is 9.10. The molecule has 1 aromatic carbocycles. The lowest BCUT2D eigenvalue weighted by Crippen LogP contribution is -2.40. The van der Waals surface area contributed by atoms with Crippen molar-refractivity contribution in [1.29, 1.82) is 0 Å². The van der Waals surface area contributed by atoms with Crippen LogP contribution in [0.4, 0.5) is 27.5 Å². The molecule has 3 N–H and O–H groups in total. The average Bonchev–Trinajstić information content (AvgIpc) is 2.81. The van der Waals surface area contributed by atoms with Gasteiger partial charge in [0.05, 0.1) is 17.4 Å². The number of amides is 2. The van der Waals surface area contributed by atoms with Crippen molar-refractivity contribution < 1.29 is 18.7 Å². The maximum atomic E-state index is 14.6. The van der Waals surface area contributed by atoms with Crippen molar-refractivity contribution in [2.45, 2.75) is 46.6 Å². The summed E-state index contributed by atoms with van der Waals surface area (Å²) >= 11 is 0. The van der Waals surface area contributed by atoms with E-state index in [4.69, 9.17) is 10.5 Å². The summed E-state index contributed by atoms with van der Waals surface area (Å²) in [6.07, 6.45) is 3.79. The lowest BCUT2D eigenvalue weighted by Gasteiger charge is -2.32. The highest BCUT2D eigenvalue weighted by Gasteiger charge is 2.26. The van der Waals surface area contributed by atoms with E-state index in [2.05, 4.69) is 15.3 Å². The van der Waals surface area contributed by atoms with E-state index in [-0.39, 0.29) is 23.1 Å². The third-order valence-electron chi connectivity index (χ3n) is 5.37. The largest absolute Gasteiger partial charge is 0.381 e. The van der Waals surface area contributed by atoms with Crippen LogP contribution >= 0.6 is 0 Å². The van der Waals surface area contributed by atoms with Crippen LogP contribution in [-0.4, -0.2) is 55.6 Å². The van der Waals surface area contributed by atoms with E-state index >= 15 is 0 Å². The van der Waals surface area contributed by atoms with E-state index in [0.29, 0.717) is 48.8 Å². The van der Waals surface area contributed by atoms with Gasteiger partial charge < -0.3 is 20.7 Å². The first-order chi connectivity index (χ1) is 15.7. The van der Waals surface area contributed by atoms with Crippen molar-refractivity contribution in [3.05, 3.63) is 34.8 Å². The van der Waals surface area contributed by atoms with E-state index in [9.17, 15) is 14.0 Å². The zero-order valence-electron chi connectivity index (χ0n) is 20.1. The number of carbonyl (C=O) groups excluding carboxylic acids is 2. The van der Waals surface area contributed by atoms with E-state index in [1.54, 1.807) is 24.9 Å². The topological polar surface area (TPSA) is 114 Å². The lowest BCUT2D eigenvalue weighted by atomic mass is 10.0. The second-order valence-corrected chi connectivity index (χ2v) is 7.70. The second-order valence-electron chi connectivity index (χ2n) is 7.70. The SMILES string of the molecule is CC.Cc1cc(C(N)=O)c(F)c(C)c1Nc1ncc(N(C)C)c(N(C=O)C2CCOCC2)n1. The van der Waals surface area contributed by atoms with Gasteiger partial charge in [-0.15, -0.1) is 0 Å². The molecule has 3 rings (SSSR count). The molecule has 10 heteroatoms. The fraction of sp³-hybridized carbons (Fsp3) is 0.478. The number of benzene rings is 1. The van der Waals surface area contributed by atoms with E-state index in [0.717, 1.165) is 6.41 Å². The molecule has 0 saturated carbocycles. The molecule has 0 unspecified atom stereocenters. The van der Waals surface area contributed by atoms with Crippen molar-refractivity contribution in [1.82, 2.24) is 9.97 Å². The number of rotatable bonds is 7. The molecule has 0 spiro atoms. The normalized spacial score (nSPS) is 13.5. The minimum atomic E-state index is -0.831. The quantitative estimate of drug-likeness (QED) is 0.609. The monoisotopic (exact) mass is 460 g/mol. The van der Waals surface area contributed by atoms with Crippen LogP contribution in [0.5, 0.6) is 0 Å². The van der Waals surface area contributed by atoms with Gasteiger partial charge in [0.25, 0.3) is 5.91 Å². The van der Waals surface area contributed by atoms with Gasteiger partial charge in [0.15, 0.2) is 5.82 Å². The molecule has 2 aromatic rings. The van der Waals surface area contributed by atoms with Crippen LogP contribution < -0.4 is 20.9 Å². The molecular formula is C23H33FN6O3. The van der Waals surface area contributed by atoms with Crippen molar-refractivity contribution in [2.24, 2.45) is 5.73 Å². The molecule has 1 aliphatic rings. The molecule has 2 amide bonds. The number of hydrogen-bond donors (Lipinski definition) is 2. The van der Waals surface area contributed by atoms with Crippen molar-refractivity contribution in [3.63, 3.8) is 0 Å². The molecule has 1 aromatic heterocycles. The minimum Gasteiger partial charge on any atom is -0.381 e. The van der Waals surface area contributed by atoms with Crippen molar-refractivity contribution >= 4 is 35.5 Å². The van der Waals surface area contributed by atoms with Gasteiger partial charge >= 0.3 is 0 Å². The molecule has 0 radical (unpaired) electrons. The Balaban J connectivity index is 0.00000187. The number of ether oxygens (including phenoxy) is 1. The van der Waals surface area contributed by atoms with Gasteiger partial charge in [-0.25, -0.2) is 9.37 Å². The summed E-state index contributed by atoms with van der Waals surface area (Å²) in [6.45, 7) is 8.43. The van der Waals surface area contributed by atoms with Crippen LogP contribution in [0.25, 0.3) is 0 Å². The number of aromatic nitrogens is 2. The summed E-state index contributed by atoms with van der Waals surface area (Å²) in [5, 5.41) is 3.04. The Morgan fingerprint density at radius 1 is 1.27 bits per heavy atom. The smallest absolute Gasteiger partial charge is 0.251 e. The maximum absolute atomic E-state index is 14.6. The second kappa shape index (κ2) is 11.6. The number of nitrogens with zero attached hydrogens (tertiary/aromatic N) is 4. The molecule has 1 saturated heterocycles. The molecule has 1 aliphatic heterocycles. The summed E-state index contributed by atoms with van der Waals surface area (Å²) in [5.41, 5.74) is 7.05. The molecule has 0 aliphatic carbocycles. The number of primary amides is 1. The first kappa shape index (κ1) is 26.0. The molecule has 0 atom stereocenters. The predicted octanol–water partition coefficient (Wildman–Crippen LogP) is 3.31. The van der Waals surface area contributed by atoms with Gasteiger partial charge in [0, 0.05) is 44.6 Å². The first-order valence-corrected chi connectivity index (χ1v) is 11.0. The molecule has 33 heavy (non-hydrogen) atoms. The first-order valence-electron chi connectivity index (χ1n) is 11.0. The number of halogens is 1. The van der Waals surface area contributed by atoms with Crippen LogP contribution in [0.3, 0.4) is 0 Å². The average molecular weight is 461 g/mol. The Morgan fingerprint density at radius 2 is 1.91 bits per heavy atom. The van der Waals surface area contributed by atoms with Crippen LogP contribution in [0.2, 0.25) is 0 Å². The number of carbonyl (C=O) groups is 2. The van der Waals surface area contributed by atoms with Gasteiger partial charge in [-0.05, 0) is 38.3 Å².